The minimum atomic E-state index is -1.82. The van der Waals surface area contributed by atoms with Crippen LogP contribution in [0.15, 0.2) is 11.6 Å². The van der Waals surface area contributed by atoms with Crippen molar-refractivity contribution in [2.24, 2.45) is 22.7 Å². The normalized spacial score (nSPS) is 48.3. The smallest absolute Gasteiger partial charge is 0.187 e. The average molecular weight is 497 g/mol. The lowest BCUT2D eigenvalue weighted by molar-refractivity contribution is -0.211. The van der Waals surface area contributed by atoms with Crippen LogP contribution in [0.3, 0.4) is 0 Å². The molecule has 0 spiro atoms. The van der Waals surface area contributed by atoms with Crippen LogP contribution in [0, 0.1) is 22.7 Å². The molecule has 0 amide bonds. The number of hydrogen-bond acceptors (Lipinski definition) is 8. The highest BCUT2D eigenvalue weighted by atomic mass is 16.3. The van der Waals surface area contributed by atoms with Gasteiger partial charge in [-0.3, -0.25) is 4.79 Å². The third-order valence-corrected chi connectivity index (χ3v) is 10.7. The molecule has 2 unspecified atom stereocenters. The first-order chi connectivity index (χ1) is 15.8. The topological polar surface area (TPSA) is 159 Å². The van der Waals surface area contributed by atoms with Gasteiger partial charge in [-0.05, 0) is 89.2 Å². The molecule has 8 heteroatoms. The Morgan fingerprint density at radius 1 is 0.971 bits per heavy atom. The van der Waals surface area contributed by atoms with Crippen molar-refractivity contribution in [2.45, 2.75) is 127 Å². The molecule has 0 aromatic rings. The van der Waals surface area contributed by atoms with E-state index < -0.39 is 63.2 Å². The summed E-state index contributed by atoms with van der Waals surface area (Å²) in [7, 11) is 0. The summed E-state index contributed by atoms with van der Waals surface area (Å²) >= 11 is 0. The molecule has 0 aromatic heterocycles. The van der Waals surface area contributed by atoms with Gasteiger partial charge in [-0.25, -0.2) is 0 Å². The van der Waals surface area contributed by atoms with Crippen molar-refractivity contribution in [3.05, 3.63) is 11.6 Å². The highest BCUT2D eigenvalue weighted by molar-refractivity contribution is 6.00. The molecule has 4 aliphatic rings. The molecule has 3 fully saturated rings. The molecular formula is C27H44O8. The summed E-state index contributed by atoms with van der Waals surface area (Å²) in [5.74, 6) is -1.38. The van der Waals surface area contributed by atoms with Gasteiger partial charge >= 0.3 is 0 Å². The zero-order valence-corrected chi connectivity index (χ0v) is 21.7. The van der Waals surface area contributed by atoms with Gasteiger partial charge in [0.2, 0.25) is 0 Å². The van der Waals surface area contributed by atoms with Crippen LogP contribution < -0.4 is 0 Å². The lowest BCUT2D eigenvalue weighted by Crippen LogP contribution is -2.69. The Hall–Kier alpha value is -0.870. The van der Waals surface area contributed by atoms with Crippen molar-refractivity contribution in [3.8, 4) is 0 Å². The van der Waals surface area contributed by atoms with Crippen molar-refractivity contribution in [3.63, 3.8) is 0 Å². The summed E-state index contributed by atoms with van der Waals surface area (Å²) in [5.41, 5.74) is -7.07. The second-order valence-electron chi connectivity index (χ2n) is 13.3. The van der Waals surface area contributed by atoms with E-state index in [4.69, 9.17) is 0 Å². The highest BCUT2D eigenvalue weighted by Gasteiger charge is 2.71. The molecule has 0 heterocycles. The fourth-order valence-electron chi connectivity index (χ4n) is 8.31. The summed E-state index contributed by atoms with van der Waals surface area (Å²) in [4.78, 5) is 13.3. The summed E-state index contributed by atoms with van der Waals surface area (Å²) in [6.07, 6.45) is 0.0884. The lowest BCUT2D eigenvalue weighted by Gasteiger charge is -2.62. The van der Waals surface area contributed by atoms with Crippen LogP contribution in [0.2, 0.25) is 0 Å². The molecule has 0 radical (unpaired) electrons. The minimum absolute atomic E-state index is 0.0437. The molecule has 0 aliphatic heterocycles. The van der Waals surface area contributed by atoms with E-state index in [0.29, 0.717) is 37.7 Å². The van der Waals surface area contributed by atoms with Gasteiger partial charge in [-0.1, -0.05) is 13.8 Å². The first-order valence-electron chi connectivity index (χ1n) is 13.0. The van der Waals surface area contributed by atoms with Crippen molar-refractivity contribution in [2.75, 3.05) is 0 Å². The maximum atomic E-state index is 13.3. The summed E-state index contributed by atoms with van der Waals surface area (Å²) in [6.45, 7) is 8.58. The monoisotopic (exact) mass is 496 g/mol. The third-order valence-electron chi connectivity index (χ3n) is 10.7. The lowest BCUT2D eigenvalue weighted by atomic mass is 9.44. The van der Waals surface area contributed by atoms with E-state index in [1.807, 2.05) is 6.92 Å². The third kappa shape index (κ3) is 3.70. The molecule has 0 bridgehead atoms. The fraction of sp³-hybridized carbons (Fsp3) is 0.889. The van der Waals surface area contributed by atoms with Gasteiger partial charge < -0.3 is 35.7 Å². The van der Waals surface area contributed by atoms with E-state index in [2.05, 4.69) is 0 Å². The van der Waals surface area contributed by atoms with E-state index in [-0.39, 0.29) is 25.2 Å². The number of aliphatic hydroxyl groups excluding tert-OH is 3. The summed E-state index contributed by atoms with van der Waals surface area (Å²) in [6, 6.07) is 0. The Morgan fingerprint density at radius 2 is 1.57 bits per heavy atom. The molecule has 35 heavy (non-hydrogen) atoms. The molecule has 3 saturated carbocycles. The van der Waals surface area contributed by atoms with E-state index in [1.165, 1.54) is 6.08 Å². The molecule has 7 N–H and O–H groups in total. The molecule has 200 valence electrons. The van der Waals surface area contributed by atoms with E-state index in [0.717, 1.165) is 0 Å². The molecule has 4 aliphatic carbocycles. The number of fused-ring (bicyclic) bond motifs is 5. The fourth-order valence-corrected chi connectivity index (χ4v) is 8.31. The van der Waals surface area contributed by atoms with Crippen molar-refractivity contribution < 1.29 is 40.5 Å². The average Bonchev–Trinajstić information content (AvgIpc) is 3.01. The Morgan fingerprint density at radius 3 is 2.17 bits per heavy atom. The van der Waals surface area contributed by atoms with Crippen LogP contribution in [-0.2, 0) is 4.79 Å². The number of carbonyl (C=O) groups is 1. The standard InChI is InChI=1S/C27H44O8/c1-22(2,32)9-8-20(30)25(5,33)19-7-11-26(34)16-12-21(31)27(35)14-18(29)17(28)13-24(27,4)15(16)6-10-23(19,26)3/h12,15,17-20,28-30,32-35H,6-11,13-14H2,1-5H3/t15?,17-,18+,19?,20+,23+,24+,25+,26+,27+/m0/s1. The molecule has 0 aromatic carbocycles. The molecular weight excluding hydrogens is 452 g/mol. The first-order valence-corrected chi connectivity index (χ1v) is 13.0. The number of aliphatic hydroxyl groups is 7. The van der Waals surface area contributed by atoms with Gasteiger partial charge in [0.05, 0.1) is 35.1 Å². The second kappa shape index (κ2) is 8.06. The predicted octanol–water partition coefficient (Wildman–Crippen LogP) is 0.969. The maximum absolute atomic E-state index is 13.3. The Bertz CT molecular complexity index is 907. The minimum Gasteiger partial charge on any atom is -0.390 e. The first kappa shape index (κ1) is 27.2. The van der Waals surface area contributed by atoms with Crippen LogP contribution in [0.4, 0.5) is 0 Å². The Kier molecular flexibility index (Phi) is 6.26. The highest BCUT2D eigenvalue weighted by Crippen LogP contribution is 2.69. The van der Waals surface area contributed by atoms with E-state index >= 15 is 0 Å². The zero-order valence-electron chi connectivity index (χ0n) is 21.7. The number of ketones is 1. The van der Waals surface area contributed by atoms with Crippen molar-refractivity contribution in [1.29, 1.82) is 0 Å². The van der Waals surface area contributed by atoms with E-state index in [1.54, 1.807) is 27.7 Å². The van der Waals surface area contributed by atoms with Crippen LogP contribution >= 0.6 is 0 Å². The van der Waals surface area contributed by atoms with Crippen molar-refractivity contribution >= 4 is 5.78 Å². The second-order valence-corrected chi connectivity index (χ2v) is 13.3. The molecule has 10 atom stereocenters. The van der Waals surface area contributed by atoms with Gasteiger partial charge in [-0.15, -0.1) is 0 Å². The largest absolute Gasteiger partial charge is 0.390 e. The Balaban J connectivity index is 1.70. The Labute approximate surface area is 207 Å². The van der Waals surface area contributed by atoms with Crippen LogP contribution in [0.25, 0.3) is 0 Å². The summed E-state index contributed by atoms with van der Waals surface area (Å²) < 4.78 is 0. The number of carbonyl (C=O) groups excluding carboxylic acids is 1. The quantitative estimate of drug-likeness (QED) is 0.297. The summed E-state index contributed by atoms with van der Waals surface area (Å²) in [5, 5.41) is 77.0. The van der Waals surface area contributed by atoms with Gasteiger partial charge in [0, 0.05) is 17.3 Å². The van der Waals surface area contributed by atoms with Gasteiger partial charge in [0.25, 0.3) is 0 Å². The number of hydrogen-bond donors (Lipinski definition) is 7. The maximum Gasteiger partial charge on any atom is 0.187 e. The SMILES string of the molecule is CC(C)(O)CC[C@@H](O)[C@](C)(O)C1CC[C@@]2(O)C3=CC(=O)[C@]4(O)C[C@@H](O)[C@@H](O)C[C@]4(C)C3CC[C@]12C. The van der Waals surface area contributed by atoms with Crippen LogP contribution in [0.1, 0.15) is 86.0 Å². The zero-order chi connectivity index (χ0) is 26.4. The predicted molar refractivity (Wildman–Crippen MR) is 128 cm³/mol. The molecule has 8 nitrogen and oxygen atoms in total. The van der Waals surface area contributed by atoms with Gasteiger partial charge in [0.1, 0.15) is 5.60 Å². The molecule has 4 rings (SSSR count). The molecule has 0 saturated heterocycles. The van der Waals surface area contributed by atoms with Crippen LogP contribution in [-0.4, -0.2) is 82.2 Å². The number of rotatable bonds is 5. The van der Waals surface area contributed by atoms with Gasteiger partial charge in [-0.2, -0.15) is 0 Å². The van der Waals surface area contributed by atoms with E-state index in [9.17, 15) is 40.5 Å². The van der Waals surface area contributed by atoms with Crippen molar-refractivity contribution in [1.82, 2.24) is 0 Å². The van der Waals surface area contributed by atoms with Crippen LogP contribution in [0.5, 0.6) is 0 Å². The van der Waals surface area contributed by atoms with Gasteiger partial charge in [0.15, 0.2) is 5.78 Å².